The number of aldehydes is 1. The van der Waals surface area contributed by atoms with Gasteiger partial charge in [0, 0.05) is 24.5 Å². The van der Waals surface area contributed by atoms with E-state index in [1.54, 1.807) is 30.3 Å². The van der Waals surface area contributed by atoms with E-state index in [4.69, 9.17) is 4.74 Å². The second-order valence-electron chi connectivity index (χ2n) is 4.83. The maximum Gasteiger partial charge on any atom is 0.150 e. The van der Waals surface area contributed by atoms with Gasteiger partial charge in [0.2, 0.25) is 0 Å². The Labute approximate surface area is 131 Å². The molecule has 22 heavy (non-hydrogen) atoms. The third-order valence-corrected chi connectivity index (χ3v) is 3.21. The van der Waals surface area contributed by atoms with E-state index >= 15 is 0 Å². The third kappa shape index (κ3) is 4.35. The van der Waals surface area contributed by atoms with Crippen LogP contribution in [0.2, 0.25) is 0 Å². The number of nitrogens with zero attached hydrogens (tertiary/aromatic N) is 1. The molecule has 0 saturated carbocycles. The summed E-state index contributed by atoms with van der Waals surface area (Å²) in [5.74, 6) is 0.751. The largest absolute Gasteiger partial charge is 0.489 e. The fourth-order valence-electron chi connectivity index (χ4n) is 1.91. The lowest BCUT2D eigenvalue weighted by molar-refractivity contribution is 0.112. The van der Waals surface area contributed by atoms with Gasteiger partial charge in [-0.05, 0) is 48.0 Å². The molecule has 0 aliphatic heterocycles. The minimum atomic E-state index is 0.493. The lowest BCUT2D eigenvalue weighted by atomic mass is 10.2. The minimum absolute atomic E-state index is 0.493. The molecular weight excluding hydrogens is 274 g/mol. The van der Waals surface area contributed by atoms with E-state index < -0.39 is 0 Å². The lowest BCUT2D eigenvalue weighted by Crippen LogP contribution is -2.07. The monoisotopic (exact) mass is 293 g/mol. The molecule has 3 nitrogen and oxygen atoms in total. The summed E-state index contributed by atoms with van der Waals surface area (Å²) in [6.45, 7) is 4.15. The Kier molecular flexibility index (Phi) is 5.55. The highest BCUT2D eigenvalue weighted by Crippen LogP contribution is 2.17. The Hall–Kier alpha value is -2.81. The van der Waals surface area contributed by atoms with Crippen molar-refractivity contribution in [1.82, 2.24) is 0 Å². The van der Waals surface area contributed by atoms with Gasteiger partial charge in [0.15, 0.2) is 0 Å². The third-order valence-electron chi connectivity index (χ3n) is 3.21. The molecule has 3 heteroatoms. The molecule has 0 aliphatic rings. The van der Waals surface area contributed by atoms with Gasteiger partial charge >= 0.3 is 0 Å². The standard InChI is InChI=1S/C19H19NO2/c1-3-4-13-20(2)18-9-5-17(6-10-18)15-22-19-11-7-16(14-21)8-12-19/h3-14H,1,15H2,2H3/b13-4-. The van der Waals surface area contributed by atoms with Crippen LogP contribution in [0.4, 0.5) is 5.69 Å². The van der Waals surface area contributed by atoms with Crippen molar-refractivity contribution in [3.63, 3.8) is 0 Å². The number of carbonyl (C=O) groups excluding carboxylic acids is 1. The Bertz CT molecular complexity index is 642. The summed E-state index contributed by atoms with van der Waals surface area (Å²) in [6, 6.07) is 15.2. The summed E-state index contributed by atoms with van der Waals surface area (Å²) >= 11 is 0. The molecule has 0 aliphatic carbocycles. The second-order valence-corrected chi connectivity index (χ2v) is 4.83. The Morgan fingerprint density at radius 3 is 2.36 bits per heavy atom. The van der Waals surface area contributed by atoms with E-state index in [9.17, 15) is 4.79 Å². The molecule has 0 heterocycles. The van der Waals surface area contributed by atoms with Gasteiger partial charge in [-0.3, -0.25) is 4.79 Å². The fraction of sp³-hybridized carbons (Fsp3) is 0.105. The van der Waals surface area contributed by atoms with E-state index in [0.29, 0.717) is 12.2 Å². The molecule has 0 amide bonds. The first-order valence-electron chi connectivity index (χ1n) is 7.02. The smallest absolute Gasteiger partial charge is 0.150 e. The van der Waals surface area contributed by atoms with Crippen molar-refractivity contribution in [2.75, 3.05) is 11.9 Å². The zero-order valence-electron chi connectivity index (χ0n) is 12.6. The molecule has 112 valence electrons. The summed E-state index contributed by atoms with van der Waals surface area (Å²) in [5, 5.41) is 0. The predicted molar refractivity (Wildman–Crippen MR) is 90.3 cm³/mol. The molecule has 0 bridgehead atoms. The van der Waals surface area contributed by atoms with E-state index in [1.807, 2.05) is 48.5 Å². The number of benzene rings is 2. The molecule has 2 aromatic rings. The van der Waals surface area contributed by atoms with E-state index in [-0.39, 0.29) is 0 Å². The number of hydrogen-bond acceptors (Lipinski definition) is 3. The molecular formula is C19H19NO2. The van der Waals surface area contributed by atoms with Crippen molar-refractivity contribution >= 4 is 12.0 Å². The summed E-state index contributed by atoms with van der Waals surface area (Å²) in [4.78, 5) is 12.6. The van der Waals surface area contributed by atoms with Crippen LogP contribution in [0.25, 0.3) is 0 Å². The van der Waals surface area contributed by atoms with Crippen molar-refractivity contribution < 1.29 is 9.53 Å². The Balaban J connectivity index is 1.94. The number of ether oxygens (including phenoxy) is 1. The van der Waals surface area contributed by atoms with E-state index in [0.717, 1.165) is 23.3 Å². The van der Waals surface area contributed by atoms with Crippen molar-refractivity contribution in [3.8, 4) is 5.75 Å². The molecule has 0 aromatic heterocycles. The van der Waals surface area contributed by atoms with Gasteiger partial charge < -0.3 is 9.64 Å². The van der Waals surface area contributed by atoms with Crippen LogP contribution in [0.15, 0.2) is 73.5 Å². The number of rotatable bonds is 7. The maximum absolute atomic E-state index is 10.6. The quantitative estimate of drug-likeness (QED) is 0.565. The molecule has 0 N–H and O–H groups in total. The molecule has 0 fully saturated rings. The molecule has 0 radical (unpaired) electrons. The van der Waals surface area contributed by atoms with E-state index in [2.05, 4.69) is 6.58 Å². The van der Waals surface area contributed by atoms with Crippen molar-refractivity contribution in [2.24, 2.45) is 0 Å². The van der Waals surface area contributed by atoms with Gasteiger partial charge in [-0.15, -0.1) is 0 Å². The number of carbonyl (C=O) groups is 1. The van der Waals surface area contributed by atoms with Crippen LogP contribution >= 0.6 is 0 Å². The van der Waals surface area contributed by atoms with Crippen LogP contribution in [0.5, 0.6) is 5.75 Å². The van der Waals surface area contributed by atoms with Crippen LogP contribution in [-0.4, -0.2) is 13.3 Å². The van der Waals surface area contributed by atoms with Crippen LogP contribution in [0, 0.1) is 0 Å². The van der Waals surface area contributed by atoms with Crippen molar-refractivity contribution in [1.29, 1.82) is 0 Å². The van der Waals surface area contributed by atoms with E-state index in [1.165, 1.54) is 0 Å². The van der Waals surface area contributed by atoms with Crippen LogP contribution in [-0.2, 0) is 6.61 Å². The summed E-state index contributed by atoms with van der Waals surface area (Å²) in [5.41, 5.74) is 2.83. The number of allylic oxidation sites excluding steroid dienone is 2. The molecule has 0 spiro atoms. The molecule has 2 aromatic carbocycles. The maximum atomic E-state index is 10.6. The molecule has 2 rings (SSSR count). The highest BCUT2D eigenvalue weighted by Gasteiger charge is 1.99. The van der Waals surface area contributed by atoms with Gasteiger partial charge in [-0.1, -0.05) is 24.8 Å². The zero-order chi connectivity index (χ0) is 15.8. The highest BCUT2D eigenvalue weighted by molar-refractivity contribution is 5.74. The van der Waals surface area contributed by atoms with Crippen molar-refractivity contribution in [2.45, 2.75) is 6.61 Å². The first-order valence-corrected chi connectivity index (χ1v) is 7.02. The van der Waals surface area contributed by atoms with Crippen molar-refractivity contribution in [3.05, 3.63) is 84.6 Å². The van der Waals surface area contributed by atoms with Crippen LogP contribution in [0.1, 0.15) is 15.9 Å². The first kappa shape index (κ1) is 15.6. The number of hydrogen-bond donors (Lipinski definition) is 0. The van der Waals surface area contributed by atoms with Gasteiger partial charge in [-0.2, -0.15) is 0 Å². The number of anilines is 1. The average molecular weight is 293 g/mol. The van der Waals surface area contributed by atoms with Gasteiger partial charge in [0.25, 0.3) is 0 Å². The summed E-state index contributed by atoms with van der Waals surface area (Å²) in [7, 11) is 1.99. The van der Waals surface area contributed by atoms with Crippen LogP contribution in [0.3, 0.4) is 0 Å². The van der Waals surface area contributed by atoms with Gasteiger partial charge in [0.05, 0.1) is 0 Å². The Morgan fingerprint density at radius 1 is 1.09 bits per heavy atom. The first-order chi connectivity index (χ1) is 10.7. The summed E-state index contributed by atoms with van der Waals surface area (Å²) < 4.78 is 5.70. The molecule has 0 atom stereocenters. The normalized spacial score (nSPS) is 10.4. The van der Waals surface area contributed by atoms with Gasteiger partial charge in [-0.25, -0.2) is 0 Å². The van der Waals surface area contributed by atoms with Gasteiger partial charge in [0.1, 0.15) is 18.6 Å². The molecule has 0 saturated heterocycles. The van der Waals surface area contributed by atoms with Crippen LogP contribution < -0.4 is 9.64 Å². The highest BCUT2D eigenvalue weighted by atomic mass is 16.5. The fourth-order valence-corrected chi connectivity index (χ4v) is 1.91. The second kappa shape index (κ2) is 7.84. The zero-order valence-corrected chi connectivity index (χ0v) is 12.6. The average Bonchev–Trinajstić information content (AvgIpc) is 2.58. The lowest BCUT2D eigenvalue weighted by Gasteiger charge is -2.14. The summed E-state index contributed by atoms with van der Waals surface area (Å²) in [6.07, 6.45) is 6.40. The predicted octanol–water partition coefficient (Wildman–Crippen LogP) is 4.21. The molecule has 0 unspecified atom stereocenters. The Morgan fingerprint density at radius 2 is 1.77 bits per heavy atom. The SMILES string of the molecule is C=C/C=C\N(C)c1ccc(COc2ccc(C=O)cc2)cc1. The minimum Gasteiger partial charge on any atom is -0.489 e. The topological polar surface area (TPSA) is 29.5 Å².